The summed E-state index contributed by atoms with van der Waals surface area (Å²) in [5.41, 5.74) is -0.742. The Morgan fingerprint density at radius 3 is 2.56 bits per heavy atom. The normalized spacial score (nSPS) is 41.3. The molecular weight excluding hydrogens is 340 g/mol. The summed E-state index contributed by atoms with van der Waals surface area (Å²) < 4.78 is 0. The zero-order valence-corrected chi connectivity index (χ0v) is 17.3. The number of ketones is 2. The van der Waals surface area contributed by atoms with Crippen molar-refractivity contribution in [3.05, 3.63) is 0 Å². The van der Waals surface area contributed by atoms with Crippen LogP contribution in [0.2, 0.25) is 0 Å². The van der Waals surface area contributed by atoms with E-state index in [-0.39, 0.29) is 23.7 Å². The minimum absolute atomic E-state index is 0.0506. The Morgan fingerprint density at radius 2 is 1.89 bits per heavy atom. The molecule has 0 spiro atoms. The van der Waals surface area contributed by atoms with E-state index in [0.717, 1.165) is 51.4 Å². The lowest BCUT2D eigenvalue weighted by atomic mass is 9.47. The zero-order valence-electron chi connectivity index (χ0n) is 17.3. The fourth-order valence-corrected chi connectivity index (χ4v) is 6.83. The lowest BCUT2D eigenvalue weighted by Crippen LogP contribution is -2.55. The summed E-state index contributed by atoms with van der Waals surface area (Å²) >= 11 is 0. The molecule has 27 heavy (non-hydrogen) atoms. The third kappa shape index (κ3) is 3.49. The zero-order chi connectivity index (χ0) is 19.8. The molecule has 0 saturated heterocycles. The highest BCUT2D eigenvalue weighted by Gasteiger charge is 2.61. The Labute approximate surface area is 163 Å². The quantitative estimate of drug-likeness (QED) is 0.632. The van der Waals surface area contributed by atoms with Crippen molar-refractivity contribution in [2.45, 2.75) is 91.4 Å². The molecule has 0 amide bonds. The molecule has 0 heterocycles. The Bertz CT molecular complexity index is 611. The van der Waals surface area contributed by atoms with E-state index in [0.29, 0.717) is 36.2 Å². The lowest BCUT2D eigenvalue weighted by molar-refractivity contribution is -0.155. The second-order valence-corrected chi connectivity index (χ2v) is 9.90. The minimum Gasteiger partial charge on any atom is -0.481 e. The van der Waals surface area contributed by atoms with Gasteiger partial charge >= 0.3 is 5.97 Å². The van der Waals surface area contributed by atoms with Crippen LogP contribution in [0, 0.1) is 34.5 Å². The molecule has 0 bridgehead atoms. The van der Waals surface area contributed by atoms with Gasteiger partial charge in [-0.3, -0.25) is 14.4 Å². The predicted molar refractivity (Wildman–Crippen MR) is 104 cm³/mol. The monoisotopic (exact) mass is 376 g/mol. The molecule has 3 aliphatic carbocycles. The van der Waals surface area contributed by atoms with E-state index in [9.17, 15) is 19.5 Å². The third-order valence-corrected chi connectivity index (χ3v) is 8.47. The number of carboxylic acid groups (broad SMARTS) is 1. The maximum Gasteiger partial charge on any atom is 0.303 e. The maximum absolute atomic E-state index is 13.5. The number of carbonyl (C=O) groups is 3. The summed E-state index contributed by atoms with van der Waals surface area (Å²) in [4.78, 5) is 37.3. The Kier molecular flexibility index (Phi) is 5.84. The summed E-state index contributed by atoms with van der Waals surface area (Å²) in [6.07, 6.45) is 9.12. The van der Waals surface area contributed by atoms with Crippen LogP contribution < -0.4 is 0 Å². The van der Waals surface area contributed by atoms with Crippen molar-refractivity contribution in [2.75, 3.05) is 0 Å². The van der Waals surface area contributed by atoms with Crippen LogP contribution in [0.3, 0.4) is 0 Å². The molecule has 0 aromatic carbocycles. The van der Waals surface area contributed by atoms with Crippen LogP contribution in [-0.4, -0.2) is 22.6 Å². The molecule has 4 heteroatoms. The number of hydrogen-bond donors (Lipinski definition) is 1. The van der Waals surface area contributed by atoms with Crippen LogP contribution in [0.5, 0.6) is 0 Å². The number of carbonyl (C=O) groups excluding carboxylic acids is 2. The molecule has 3 saturated carbocycles. The molecule has 0 aromatic heterocycles. The van der Waals surface area contributed by atoms with Gasteiger partial charge in [0.15, 0.2) is 0 Å². The van der Waals surface area contributed by atoms with E-state index in [1.54, 1.807) is 0 Å². The molecule has 0 unspecified atom stereocenters. The number of carboxylic acids is 1. The summed E-state index contributed by atoms with van der Waals surface area (Å²) in [5.74, 6) is 0.996. The van der Waals surface area contributed by atoms with Gasteiger partial charge in [0.2, 0.25) is 0 Å². The maximum atomic E-state index is 13.5. The number of fused-ring (bicyclic) bond motifs is 3. The number of hydrogen-bond acceptors (Lipinski definition) is 3. The van der Waals surface area contributed by atoms with E-state index in [1.807, 2.05) is 6.92 Å². The van der Waals surface area contributed by atoms with Crippen molar-refractivity contribution in [3.8, 4) is 0 Å². The summed E-state index contributed by atoms with van der Waals surface area (Å²) in [6, 6.07) is 0. The van der Waals surface area contributed by atoms with Crippen LogP contribution in [0.25, 0.3) is 0 Å². The molecule has 3 rings (SSSR count). The van der Waals surface area contributed by atoms with Crippen molar-refractivity contribution in [2.24, 2.45) is 34.5 Å². The average molecular weight is 377 g/mol. The van der Waals surface area contributed by atoms with Gasteiger partial charge in [0.25, 0.3) is 0 Å². The van der Waals surface area contributed by atoms with Crippen LogP contribution in [-0.2, 0) is 14.4 Å². The van der Waals surface area contributed by atoms with Crippen molar-refractivity contribution >= 4 is 17.5 Å². The van der Waals surface area contributed by atoms with Gasteiger partial charge in [-0.15, -0.1) is 0 Å². The highest BCUT2D eigenvalue weighted by molar-refractivity contribution is 5.90. The van der Waals surface area contributed by atoms with E-state index in [1.165, 1.54) is 0 Å². The van der Waals surface area contributed by atoms with Crippen LogP contribution >= 0.6 is 0 Å². The molecule has 0 aromatic rings. The standard InChI is InChI=1S/C23H36O4/c1-4-5-6-7-15-14-16-17-8-9-19(24)22(17,2)12-10-18(16)23(3,21(15)27)13-11-20(25)26/h15-18H,4-14H2,1-3H3,(H,25,26)/t15-,16-,17-,18-,22-,23+/m0/s1. The topological polar surface area (TPSA) is 71.4 Å². The number of rotatable bonds is 7. The van der Waals surface area contributed by atoms with Gasteiger partial charge in [0.05, 0.1) is 0 Å². The van der Waals surface area contributed by atoms with Crippen LogP contribution in [0.4, 0.5) is 0 Å². The molecular formula is C23H36O4. The van der Waals surface area contributed by atoms with Crippen LogP contribution in [0.15, 0.2) is 0 Å². The van der Waals surface area contributed by atoms with Crippen molar-refractivity contribution in [1.82, 2.24) is 0 Å². The molecule has 3 aliphatic rings. The summed E-state index contributed by atoms with van der Waals surface area (Å²) in [5, 5.41) is 9.25. The average Bonchev–Trinajstić information content (AvgIpc) is 2.93. The fourth-order valence-electron chi connectivity index (χ4n) is 6.83. The van der Waals surface area contributed by atoms with Crippen molar-refractivity contribution in [1.29, 1.82) is 0 Å². The van der Waals surface area contributed by atoms with Gasteiger partial charge in [-0.25, -0.2) is 0 Å². The summed E-state index contributed by atoms with van der Waals surface area (Å²) in [7, 11) is 0. The Morgan fingerprint density at radius 1 is 1.15 bits per heavy atom. The lowest BCUT2D eigenvalue weighted by Gasteiger charge is -2.56. The first kappa shape index (κ1) is 20.5. The highest BCUT2D eigenvalue weighted by atomic mass is 16.4. The van der Waals surface area contributed by atoms with Gasteiger partial charge in [-0.05, 0) is 56.3 Å². The minimum atomic E-state index is -0.814. The second-order valence-electron chi connectivity index (χ2n) is 9.90. The second kappa shape index (κ2) is 7.67. The first-order chi connectivity index (χ1) is 12.7. The number of unbranched alkanes of at least 4 members (excludes halogenated alkanes) is 2. The van der Waals surface area contributed by atoms with E-state index in [2.05, 4.69) is 13.8 Å². The predicted octanol–water partition coefficient (Wildman–Crippen LogP) is 5.04. The van der Waals surface area contributed by atoms with Gasteiger partial charge in [0, 0.05) is 29.6 Å². The molecule has 152 valence electrons. The van der Waals surface area contributed by atoms with Gasteiger partial charge < -0.3 is 5.11 Å². The molecule has 3 fully saturated rings. The van der Waals surface area contributed by atoms with Crippen molar-refractivity contribution < 1.29 is 19.5 Å². The number of Topliss-reactive ketones (excluding diaryl/α,β-unsaturated/α-hetero) is 2. The third-order valence-electron chi connectivity index (χ3n) is 8.47. The van der Waals surface area contributed by atoms with E-state index in [4.69, 9.17) is 0 Å². The molecule has 0 radical (unpaired) electrons. The van der Waals surface area contributed by atoms with Crippen molar-refractivity contribution in [3.63, 3.8) is 0 Å². The Hall–Kier alpha value is -1.19. The smallest absolute Gasteiger partial charge is 0.303 e. The molecule has 4 nitrogen and oxygen atoms in total. The summed E-state index contributed by atoms with van der Waals surface area (Å²) in [6.45, 7) is 6.37. The first-order valence-electron chi connectivity index (χ1n) is 11.0. The Balaban J connectivity index is 1.89. The first-order valence-corrected chi connectivity index (χ1v) is 11.0. The number of aliphatic carboxylic acids is 1. The fraction of sp³-hybridized carbons (Fsp3) is 0.870. The molecule has 1 N–H and O–H groups in total. The van der Waals surface area contributed by atoms with E-state index < -0.39 is 11.4 Å². The SMILES string of the molecule is CCCCC[C@H]1C[C@@H]2[C@H](CC[C@]3(C)C(=O)CC[C@@H]23)[C@@](C)(CCC(=O)O)C1=O. The highest BCUT2D eigenvalue weighted by Crippen LogP contribution is 2.62. The van der Waals surface area contributed by atoms with E-state index >= 15 is 0 Å². The van der Waals surface area contributed by atoms with Crippen LogP contribution in [0.1, 0.15) is 91.4 Å². The largest absolute Gasteiger partial charge is 0.481 e. The van der Waals surface area contributed by atoms with Gasteiger partial charge in [-0.2, -0.15) is 0 Å². The molecule has 0 aliphatic heterocycles. The van der Waals surface area contributed by atoms with Gasteiger partial charge in [-0.1, -0.05) is 40.0 Å². The van der Waals surface area contributed by atoms with Gasteiger partial charge in [0.1, 0.15) is 11.6 Å². The molecule has 6 atom stereocenters.